The second-order valence-corrected chi connectivity index (χ2v) is 5.25. The summed E-state index contributed by atoms with van der Waals surface area (Å²) in [5, 5.41) is 2.25. The molecule has 1 aliphatic heterocycles. The smallest absolute Gasteiger partial charge is 0.335 e. The molecule has 0 aromatic heterocycles. The number of anilines is 1. The third-order valence-corrected chi connectivity index (χ3v) is 3.40. The third kappa shape index (κ3) is 2.80. The first kappa shape index (κ1) is 15.2. The molecule has 21 heavy (non-hydrogen) atoms. The lowest BCUT2D eigenvalue weighted by atomic mass is 9.91. The first-order valence-electron chi connectivity index (χ1n) is 6.73. The number of methoxy groups -OCH3 is 1. The standard InChI is InChI=1S/C15H18N2O4/c1-9(2)12-13(18)16-15(20)17(14(12)19)11-7-5-4-6-10(11)8-21-3/h4-7,9,12H,8H2,1-3H3,(H,16,18,20). The summed E-state index contributed by atoms with van der Waals surface area (Å²) in [7, 11) is 1.54. The van der Waals surface area contributed by atoms with E-state index in [2.05, 4.69) is 5.32 Å². The van der Waals surface area contributed by atoms with Gasteiger partial charge in [0, 0.05) is 12.7 Å². The van der Waals surface area contributed by atoms with Crippen molar-refractivity contribution in [1.29, 1.82) is 0 Å². The lowest BCUT2D eigenvalue weighted by Crippen LogP contribution is -2.59. The Kier molecular flexibility index (Phi) is 4.37. The Morgan fingerprint density at radius 1 is 1.24 bits per heavy atom. The van der Waals surface area contributed by atoms with E-state index in [9.17, 15) is 14.4 Å². The van der Waals surface area contributed by atoms with Crippen molar-refractivity contribution in [2.24, 2.45) is 11.8 Å². The number of rotatable bonds is 4. The number of benzene rings is 1. The van der Waals surface area contributed by atoms with Crippen LogP contribution in [0.25, 0.3) is 0 Å². The lowest BCUT2D eigenvalue weighted by molar-refractivity contribution is -0.136. The van der Waals surface area contributed by atoms with Gasteiger partial charge < -0.3 is 4.74 Å². The zero-order valence-corrected chi connectivity index (χ0v) is 12.3. The van der Waals surface area contributed by atoms with Crippen molar-refractivity contribution in [1.82, 2.24) is 5.32 Å². The second-order valence-electron chi connectivity index (χ2n) is 5.25. The van der Waals surface area contributed by atoms with Gasteiger partial charge in [-0.3, -0.25) is 14.9 Å². The van der Waals surface area contributed by atoms with E-state index >= 15 is 0 Å². The predicted molar refractivity (Wildman–Crippen MR) is 76.5 cm³/mol. The number of carbonyl (C=O) groups is 3. The minimum Gasteiger partial charge on any atom is -0.380 e. The van der Waals surface area contributed by atoms with E-state index in [0.29, 0.717) is 11.3 Å². The van der Waals surface area contributed by atoms with Gasteiger partial charge in [-0.25, -0.2) is 9.69 Å². The molecule has 1 N–H and O–H groups in total. The molecule has 1 heterocycles. The van der Waals surface area contributed by atoms with Gasteiger partial charge in [0.2, 0.25) is 11.8 Å². The van der Waals surface area contributed by atoms with Crippen molar-refractivity contribution in [2.75, 3.05) is 12.0 Å². The highest BCUT2D eigenvalue weighted by molar-refractivity contribution is 6.28. The number of barbiturate groups is 1. The van der Waals surface area contributed by atoms with Crippen molar-refractivity contribution in [3.8, 4) is 0 Å². The summed E-state index contributed by atoms with van der Waals surface area (Å²) >= 11 is 0. The molecule has 1 aromatic rings. The summed E-state index contributed by atoms with van der Waals surface area (Å²) in [4.78, 5) is 37.5. The second kappa shape index (κ2) is 6.05. The topological polar surface area (TPSA) is 75.7 Å². The SMILES string of the molecule is COCc1ccccc1N1C(=O)NC(=O)C(C(C)C)C1=O. The molecule has 0 aliphatic carbocycles. The molecule has 1 fully saturated rings. The Morgan fingerprint density at radius 3 is 2.52 bits per heavy atom. The molecule has 0 spiro atoms. The van der Waals surface area contributed by atoms with Gasteiger partial charge in [-0.15, -0.1) is 0 Å². The molecule has 0 bridgehead atoms. The van der Waals surface area contributed by atoms with Crippen LogP contribution in [-0.4, -0.2) is 25.0 Å². The van der Waals surface area contributed by atoms with Crippen LogP contribution >= 0.6 is 0 Å². The normalized spacial score (nSPS) is 19.1. The molecule has 6 heteroatoms. The number of nitrogens with one attached hydrogen (secondary N) is 1. The molecular weight excluding hydrogens is 272 g/mol. The number of hydrogen-bond donors (Lipinski definition) is 1. The minimum absolute atomic E-state index is 0.192. The van der Waals surface area contributed by atoms with Gasteiger partial charge in [-0.1, -0.05) is 32.0 Å². The third-order valence-electron chi connectivity index (χ3n) is 3.40. The first-order chi connectivity index (χ1) is 9.97. The number of urea groups is 1. The zero-order chi connectivity index (χ0) is 15.6. The van der Waals surface area contributed by atoms with Crippen LogP contribution in [-0.2, 0) is 20.9 Å². The highest BCUT2D eigenvalue weighted by atomic mass is 16.5. The fraction of sp³-hybridized carbons (Fsp3) is 0.400. The molecule has 4 amide bonds. The van der Waals surface area contributed by atoms with E-state index in [0.717, 1.165) is 4.90 Å². The molecule has 1 aliphatic rings. The number of hydrogen-bond acceptors (Lipinski definition) is 4. The van der Waals surface area contributed by atoms with Gasteiger partial charge in [0.15, 0.2) is 0 Å². The Hall–Kier alpha value is -2.21. The summed E-state index contributed by atoms with van der Waals surface area (Å²) in [6.07, 6.45) is 0. The van der Waals surface area contributed by atoms with Gasteiger partial charge >= 0.3 is 6.03 Å². The van der Waals surface area contributed by atoms with Gasteiger partial charge in [-0.05, 0) is 12.0 Å². The fourth-order valence-corrected chi connectivity index (χ4v) is 2.41. The van der Waals surface area contributed by atoms with Crippen molar-refractivity contribution >= 4 is 23.5 Å². The quantitative estimate of drug-likeness (QED) is 0.856. The molecule has 0 saturated carbocycles. The number of nitrogens with zero attached hydrogens (tertiary/aromatic N) is 1. The average Bonchev–Trinajstić information content (AvgIpc) is 2.39. The van der Waals surface area contributed by atoms with Crippen LogP contribution in [0.4, 0.5) is 10.5 Å². The van der Waals surface area contributed by atoms with Gasteiger partial charge in [-0.2, -0.15) is 0 Å². The Balaban J connectivity index is 2.44. The number of amides is 4. The van der Waals surface area contributed by atoms with Crippen molar-refractivity contribution < 1.29 is 19.1 Å². The molecule has 1 aromatic carbocycles. The number of ether oxygens (including phenoxy) is 1. The van der Waals surface area contributed by atoms with Crippen LogP contribution in [0, 0.1) is 11.8 Å². The lowest BCUT2D eigenvalue weighted by Gasteiger charge is -2.32. The number of carbonyl (C=O) groups excluding carboxylic acids is 3. The summed E-state index contributed by atoms with van der Waals surface area (Å²) in [6.45, 7) is 3.82. The van der Waals surface area contributed by atoms with Crippen LogP contribution < -0.4 is 10.2 Å². The van der Waals surface area contributed by atoms with Crippen LogP contribution in [0.15, 0.2) is 24.3 Å². The van der Waals surface area contributed by atoms with E-state index in [4.69, 9.17) is 4.74 Å². The van der Waals surface area contributed by atoms with Gasteiger partial charge in [0.25, 0.3) is 0 Å². The minimum atomic E-state index is -0.863. The Bertz CT molecular complexity index is 583. The largest absolute Gasteiger partial charge is 0.380 e. The maximum absolute atomic E-state index is 12.5. The van der Waals surface area contributed by atoms with Crippen molar-refractivity contribution in [2.45, 2.75) is 20.5 Å². The van der Waals surface area contributed by atoms with E-state index in [1.54, 1.807) is 38.1 Å². The fourth-order valence-electron chi connectivity index (χ4n) is 2.41. The van der Waals surface area contributed by atoms with Crippen LogP contribution in [0.3, 0.4) is 0 Å². The average molecular weight is 290 g/mol. The Morgan fingerprint density at radius 2 is 1.90 bits per heavy atom. The summed E-state index contributed by atoms with van der Waals surface area (Å²) in [5.74, 6) is -2.09. The molecular formula is C15H18N2O4. The summed E-state index contributed by atoms with van der Waals surface area (Å²) in [5.41, 5.74) is 1.15. The molecule has 1 unspecified atom stereocenters. The number of imide groups is 2. The summed E-state index contributed by atoms with van der Waals surface area (Å²) in [6, 6.07) is 6.26. The molecule has 1 saturated heterocycles. The van der Waals surface area contributed by atoms with E-state index in [1.807, 2.05) is 0 Å². The van der Waals surface area contributed by atoms with Gasteiger partial charge in [0.05, 0.1) is 12.3 Å². The maximum atomic E-state index is 12.5. The first-order valence-corrected chi connectivity index (χ1v) is 6.73. The highest BCUT2D eigenvalue weighted by Gasteiger charge is 2.43. The molecule has 0 radical (unpaired) electrons. The van der Waals surface area contributed by atoms with Crippen molar-refractivity contribution in [3.63, 3.8) is 0 Å². The summed E-state index contributed by atoms with van der Waals surface area (Å²) < 4.78 is 5.09. The van der Waals surface area contributed by atoms with E-state index in [-0.39, 0.29) is 12.5 Å². The predicted octanol–water partition coefficient (Wildman–Crippen LogP) is 1.69. The maximum Gasteiger partial charge on any atom is 0.335 e. The van der Waals surface area contributed by atoms with Crippen LogP contribution in [0.5, 0.6) is 0 Å². The monoisotopic (exact) mass is 290 g/mol. The van der Waals surface area contributed by atoms with Crippen LogP contribution in [0.1, 0.15) is 19.4 Å². The molecule has 112 valence electrons. The van der Waals surface area contributed by atoms with E-state index < -0.39 is 23.8 Å². The highest BCUT2D eigenvalue weighted by Crippen LogP contribution is 2.27. The van der Waals surface area contributed by atoms with Crippen LogP contribution in [0.2, 0.25) is 0 Å². The van der Waals surface area contributed by atoms with Crippen molar-refractivity contribution in [3.05, 3.63) is 29.8 Å². The zero-order valence-electron chi connectivity index (χ0n) is 12.3. The van der Waals surface area contributed by atoms with E-state index in [1.165, 1.54) is 7.11 Å². The molecule has 1 atom stereocenters. The van der Waals surface area contributed by atoms with Gasteiger partial charge in [0.1, 0.15) is 5.92 Å². The Labute approximate surface area is 123 Å². The number of para-hydroxylation sites is 1. The molecule has 2 rings (SSSR count). The molecule has 6 nitrogen and oxygen atoms in total.